The molecule has 0 atom stereocenters. The van der Waals surface area contributed by atoms with Gasteiger partial charge in [0, 0.05) is 12.7 Å². The van der Waals surface area contributed by atoms with E-state index in [0.29, 0.717) is 0 Å². The summed E-state index contributed by atoms with van der Waals surface area (Å²) in [6.07, 6.45) is 1.82. The van der Waals surface area contributed by atoms with Crippen molar-refractivity contribution in [2.24, 2.45) is 7.05 Å². The van der Waals surface area contributed by atoms with Crippen LogP contribution in [0.25, 0.3) is 11.3 Å². The molecule has 0 aliphatic heterocycles. The summed E-state index contributed by atoms with van der Waals surface area (Å²) in [7, 11) is 1.90. The van der Waals surface area contributed by atoms with E-state index in [2.05, 4.69) is 45.1 Å². The van der Waals surface area contributed by atoms with Crippen molar-refractivity contribution in [3.63, 3.8) is 0 Å². The van der Waals surface area contributed by atoms with Crippen LogP contribution in [0.2, 0.25) is 0 Å². The van der Waals surface area contributed by atoms with E-state index in [4.69, 9.17) is 0 Å². The molecule has 0 aliphatic carbocycles. The number of hydrogen-bond acceptors (Lipinski definition) is 2. The molecule has 0 amide bonds. The maximum absolute atomic E-state index is 4.50. The van der Waals surface area contributed by atoms with Crippen LogP contribution in [-0.4, -0.2) is 14.8 Å². The standard InChI is InChI=1S/C11H12BrN3/c1-7-4-8(2)14-10(5-7)9-6-13-15(3)11(9)12/h4-6H,1-3H3. The zero-order valence-electron chi connectivity index (χ0n) is 8.95. The largest absolute Gasteiger partial charge is 0.261 e. The lowest BCUT2D eigenvalue weighted by Crippen LogP contribution is -1.91. The van der Waals surface area contributed by atoms with Crippen molar-refractivity contribution in [3.05, 3.63) is 34.2 Å². The second-order valence-electron chi connectivity index (χ2n) is 3.64. The molecule has 0 unspecified atom stereocenters. The lowest BCUT2D eigenvalue weighted by molar-refractivity contribution is 0.750. The summed E-state index contributed by atoms with van der Waals surface area (Å²) < 4.78 is 2.74. The minimum atomic E-state index is 0.958. The number of aromatic nitrogens is 3. The van der Waals surface area contributed by atoms with Crippen LogP contribution in [0.15, 0.2) is 22.9 Å². The Morgan fingerprint density at radius 2 is 2.00 bits per heavy atom. The monoisotopic (exact) mass is 265 g/mol. The van der Waals surface area contributed by atoms with E-state index in [1.165, 1.54) is 5.56 Å². The first kappa shape index (κ1) is 10.4. The lowest BCUT2D eigenvalue weighted by atomic mass is 10.1. The number of halogens is 1. The van der Waals surface area contributed by atoms with Gasteiger partial charge in [-0.3, -0.25) is 9.67 Å². The molecule has 2 rings (SSSR count). The number of nitrogens with zero attached hydrogens (tertiary/aromatic N) is 3. The highest BCUT2D eigenvalue weighted by Crippen LogP contribution is 2.26. The van der Waals surface area contributed by atoms with Crippen molar-refractivity contribution in [2.45, 2.75) is 13.8 Å². The molecule has 0 aliphatic rings. The third kappa shape index (κ3) is 1.95. The quantitative estimate of drug-likeness (QED) is 0.794. The smallest absolute Gasteiger partial charge is 0.113 e. The van der Waals surface area contributed by atoms with Crippen molar-refractivity contribution in [1.82, 2.24) is 14.8 Å². The van der Waals surface area contributed by atoms with Crippen LogP contribution in [0.1, 0.15) is 11.3 Å². The van der Waals surface area contributed by atoms with Gasteiger partial charge < -0.3 is 0 Å². The molecule has 2 heterocycles. The van der Waals surface area contributed by atoms with Gasteiger partial charge in [-0.25, -0.2) is 0 Å². The van der Waals surface area contributed by atoms with Gasteiger partial charge in [-0.15, -0.1) is 0 Å². The molecular formula is C11H12BrN3. The third-order valence-corrected chi connectivity index (χ3v) is 3.18. The Labute approximate surface area is 97.3 Å². The first-order chi connectivity index (χ1) is 7.08. The Morgan fingerprint density at radius 3 is 2.53 bits per heavy atom. The summed E-state index contributed by atoms with van der Waals surface area (Å²) in [6.45, 7) is 4.07. The summed E-state index contributed by atoms with van der Waals surface area (Å²) in [5, 5.41) is 4.18. The summed E-state index contributed by atoms with van der Waals surface area (Å²) in [6, 6.07) is 4.13. The minimum Gasteiger partial charge on any atom is -0.261 e. The predicted molar refractivity (Wildman–Crippen MR) is 63.6 cm³/mol. The molecule has 0 saturated heterocycles. The van der Waals surface area contributed by atoms with Gasteiger partial charge in [0.2, 0.25) is 0 Å². The van der Waals surface area contributed by atoms with Gasteiger partial charge in [-0.2, -0.15) is 5.10 Å². The van der Waals surface area contributed by atoms with Crippen molar-refractivity contribution in [2.75, 3.05) is 0 Å². The van der Waals surface area contributed by atoms with Crippen molar-refractivity contribution >= 4 is 15.9 Å². The fourth-order valence-corrected chi connectivity index (χ4v) is 1.97. The SMILES string of the molecule is Cc1cc(C)nc(-c2cnn(C)c2Br)c1. The van der Waals surface area contributed by atoms with E-state index in [9.17, 15) is 0 Å². The fourth-order valence-electron chi connectivity index (χ4n) is 1.57. The minimum absolute atomic E-state index is 0.958. The second-order valence-corrected chi connectivity index (χ2v) is 4.39. The van der Waals surface area contributed by atoms with Crippen LogP contribution in [0.3, 0.4) is 0 Å². The molecule has 0 aromatic carbocycles. The maximum atomic E-state index is 4.50. The third-order valence-electron chi connectivity index (χ3n) is 2.24. The molecular weight excluding hydrogens is 254 g/mol. The van der Waals surface area contributed by atoms with Crippen LogP contribution in [0.4, 0.5) is 0 Å². The Morgan fingerprint density at radius 1 is 1.27 bits per heavy atom. The van der Waals surface area contributed by atoms with Gasteiger partial charge in [0.15, 0.2) is 0 Å². The van der Waals surface area contributed by atoms with E-state index < -0.39 is 0 Å². The predicted octanol–water partition coefficient (Wildman–Crippen LogP) is 2.86. The topological polar surface area (TPSA) is 30.7 Å². The maximum Gasteiger partial charge on any atom is 0.113 e. The van der Waals surface area contributed by atoms with Gasteiger partial charge in [0.05, 0.1) is 17.5 Å². The first-order valence-corrected chi connectivity index (χ1v) is 5.50. The summed E-state index contributed by atoms with van der Waals surface area (Å²) in [5.41, 5.74) is 4.24. The number of hydrogen-bond donors (Lipinski definition) is 0. The Hall–Kier alpha value is -1.16. The van der Waals surface area contributed by atoms with E-state index in [1.807, 2.05) is 20.2 Å². The van der Waals surface area contributed by atoms with Gasteiger partial charge in [-0.1, -0.05) is 0 Å². The van der Waals surface area contributed by atoms with E-state index in [-0.39, 0.29) is 0 Å². The van der Waals surface area contributed by atoms with Crippen molar-refractivity contribution < 1.29 is 0 Å². The van der Waals surface area contributed by atoms with E-state index in [1.54, 1.807) is 4.68 Å². The van der Waals surface area contributed by atoms with Crippen molar-refractivity contribution in [1.29, 1.82) is 0 Å². The average molecular weight is 266 g/mol. The second kappa shape index (κ2) is 3.77. The van der Waals surface area contributed by atoms with Gasteiger partial charge >= 0.3 is 0 Å². The molecule has 2 aromatic heterocycles. The molecule has 15 heavy (non-hydrogen) atoms. The zero-order valence-corrected chi connectivity index (χ0v) is 10.5. The summed E-state index contributed by atoms with van der Waals surface area (Å²) in [4.78, 5) is 4.50. The highest BCUT2D eigenvalue weighted by molar-refractivity contribution is 9.10. The molecule has 0 radical (unpaired) electrons. The van der Waals surface area contributed by atoms with Crippen LogP contribution in [0, 0.1) is 13.8 Å². The molecule has 0 fully saturated rings. The Kier molecular flexibility index (Phi) is 2.61. The molecule has 0 saturated carbocycles. The van der Waals surface area contributed by atoms with Crippen LogP contribution in [0.5, 0.6) is 0 Å². The van der Waals surface area contributed by atoms with Gasteiger partial charge in [-0.05, 0) is 47.5 Å². The lowest BCUT2D eigenvalue weighted by Gasteiger charge is -2.02. The molecule has 2 aromatic rings. The van der Waals surface area contributed by atoms with Crippen LogP contribution in [-0.2, 0) is 7.05 Å². The Bertz CT molecular complexity index is 482. The summed E-state index contributed by atoms with van der Waals surface area (Å²) >= 11 is 3.50. The summed E-state index contributed by atoms with van der Waals surface area (Å²) in [5.74, 6) is 0. The first-order valence-electron chi connectivity index (χ1n) is 4.71. The van der Waals surface area contributed by atoms with Crippen molar-refractivity contribution in [3.8, 4) is 11.3 Å². The number of aryl methyl sites for hydroxylation is 3. The highest BCUT2D eigenvalue weighted by Gasteiger charge is 2.09. The molecule has 3 nitrogen and oxygen atoms in total. The zero-order chi connectivity index (χ0) is 11.0. The van der Waals surface area contributed by atoms with E-state index in [0.717, 1.165) is 21.6 Å². The Balaban J connectivity index is 2.58. The van der Waals surface area contributed by atoms with Crippen LogP contribution >= 0.6 is 15.9 Å². The normalized spacial score (nSPS) is 10.7. The number of rotatable bonds is 1. The molecule has 0 spiro atoms. The average Bonchev–Trinajstić information content (AvgIpc) is 2.46. The van der Waals surface area contributed by atoms with E-state index >= 15 is 0 Å². The fraction of sp³-hybridized carbons (Fsp3) is 0.273. The molecule has 78 valence electrons. The molecule has 0 N–H and O–H groups in total. The van der Waals surface area contributed by atoms with Crippen LogP contribution < -0.4 is 0 Å². The van der Waals surface area contributed by atoms with Gasteiger partial charge in [0.1, 0.15) is 4.60 Å². The molecule has 4 heteroatoms. The van der Waals surface area contributed by atoms with Gasteiger partial charge in [0.25, 0.3) is 0 Å². The molecule has 0 bridgehead atoms. The number of pyridine rings is 1. The highest BCUT2D eigenvalue weighted by atomic mass is 79.9.